The van der Waals surface area contributed by atoms with Crippen molar-refractivity contribution in [2.75, 3.05) is 19.2 Å². The number of ether oxygens (including phenoxy) is 2. The standard InChI is InChI=1S/C12H13N5O3/c1-19-11-14-10(15-12(16-11)20-2)17(13)9(18)8-6-4-3-5-7-8/h3-7H,13H2,1-2H3. The number of amides is 1. The summed E-state index contributed by atoms with van der Waals surface area (Å²) >= 11 is 0. The van der Waals surface area contributed by atoms with Gasteiger partial charge >= 0.3 is 12.0 Å². The highest BCUT2D eigenvalue weighted by molar-refractivity contribution is 6.04. The average molecular weight is 275 g/mol. The maximum absolute atomic E-state index is 12.2. The molecular formula is C12H13N5O3. The van der Waals surface area contributed by atoms with E-state index in [9.17, 15) is 4.79 Å². The third kappa shape index (κ3) is 2.81. The van der Waals surface area contributed by atoms with E-state index in [-0.39, 0.29) is 18.0 Å². The van der Waals surface area contributed by atoms with Crippen molar-refractivity contribution in [1.82, 2.24) is 15.0 Å². The molecular weight excluding hydrogens is 262 g/mol. The van der Waals surface area contributed by atoms with Gasteiger partial charge in [0.25, 0.3) is 11.9 Å². The minimum absolute atomic E-state index is 0.00293. The van der Waals surface area contributed by atoms with E-state index in [1.165, 1.54) is 14.2 Å². The number of methoxy groups -OCH3 is 2. The van der Waals surface area contributed by atoms with Gasteiger partial charge in [0.05, 0.1) is 14.2 Å². The summed E-state index contributed by atoms with van der Waals surface area (Å²) in [5.41, 5.74) is 0.411. The molecule has 1 amide bonds. The van der Waals surface area contributed by atoms with Crippen LogP contribution >= 0.6 is 0 Å². The topological polar surface area (TPSA) is 103 Å². The second-order valence-electron chi connectivity index (χ2n) is 3.65. The van der Waals surface area contributed by atoms with Gasteiger partial charge in [-0.3, -0.25) is 4.79 Å². The molecule has 0 bridgehead atoms. The van der Waals surface area contributed by atoms with E-state index in [1.807, 2.05) is 0 Å². The lowest BCUT2D eigenvalue weighted by atomic mass is 10.2. The van der Waals surface area contributed by atoms with E-state index in [4.69, 9.17) is 15.3 Å². The number of nitrogens with two attached hydrogens (primary N) is 1. The van der Waals surface area contributed by atoms with Gasteiger partial charge in [-0.25, -0.2) is 10.9 Å². The lowest BCUT2D eigenvalue weighted by Gasteiger charge is -2.15. The van der Waals surface area contributed by atoms with E-state index >= 15 is 0 Å². The van der Waals surface area contributed by atoms with Gasteiger partial charge in [0.15, 0.2) is 0 Å². The summed E-state index contributed by atoms with van der Waals surface area (Å²) < 4.78 is 9.79. The summed E-state index contributed by atoms with van der Waals surface area (Å²) in [6.45, 7) is 0. The Bertz CT molecular complexity index is 583. The van der Waals surface area contributed by atoms with Crippen molar-refractivity contribution in [3.05, 3.63) is 35.9 Å². The molecule has 0 atom stereocenters. The number of hydrazine groups is 1. The molecule has 2 rings (SSSR count). The molecule has 20 heavy (non-hydrogen) atoms. The monoisotopic (exact) mass is 275 g/mol. The van der Waals surface area contributed by atoms with Crippen molar-refractivity contribution in [3.8, 4) is 12.0 Å². The zero-order valence-electron chi connectivity index (χ0n) is 11.0. The van der Waals surface area contributed by atoms with Crippen LogP contribution in [0, 0.1) is 0 Å². The van der Waals surface area contributed by atoms with Crippen LogP contribution in [0.1, 0.15) is 10.4 Å². The fourth-order valence-electron chi connectivity index (χ4n) is 1.43. The number of hydrogen-bond donors (Lipinski definition) is 1. The van der Waals surface area contributed by atoms with Gasteiger partial charge in [-0.1, -0.05) is 18.2 Å². The zero-order chi connectivity index (χ0) is 14.5. The largest absolute Gasteiger partial charge is 0.467 e. The van der Waals surface area contributed by atoms with Crippen molar-refractivity contribution in [2.24, 2.45) is 5.84 Å². The van der Waals surface area contributed by atoms with Crippen LogP contribution in [0.25, 0.3) is 0 Å². The summed E-state index contributed by atoms with van der Waals surface area (Å²) in [6.07, 6.45) is 0. The lowest BCUT2D eigenvalue weighted by molar-refractivity contribution is 0.0985. The molecule has 0 spiro atoms. The highest BCUT2D eigenvalue weighted by Gasteiger charge is 2.19. The molecule has 1 aromatic heterocycles. The molecule has 0 saturated heterocycles. The maximum atomic E-state index is 12.2. The van der Waals surface area contributed by atoms with E-state index < -0.39 is 5.91 Å². The van der Waals surface area contributed by atoms with Crippen LogP contribution < -0.4 is 20.3 Å². The molecule has 8 nitrogen and oxygen atoms in total. The number of hydrogen-bond acceptors (Lipinski definition) is 7. The zero-order valence-corrected chi connectivity index (χ0v) is 11.0. The van der Waals surface area contributed by atoms with Crippen LogP contribution in [0.15, 0.2) is 30.3 Å². The van der Waals surface area contributed by atoms with Crippen LogP contribution in [0.3, 0.4) is 0 Å². The minimum Gasteiger partial charge on any atom is -0.467 e. The van der Waals surface area contributed by atoms with Crippen LogP contribution in [-0.2, 0) is 0 Å². The second-order valence-corrected chi connectivity index (χ2v) is 3.65. The van der Waals surface area contributed by atoms with Gasteiger partial charge in [-0.2, -0.15) is 9.97 Å². The number of nitrogens with zero attached hydrogens (tertiary/aromatic N) is 4. The number of aromatic nitrogens is 3. The molecule has 0 radical (unpaired) electrons. The highest BCUT2D eigenvalue weighted by Crippen LogP contribution is 2.15. The predicted molar refractivity (Wildman–Crippen MR) is 70.4 cm³/mol. The van der Waals surface area contributed by atoms with E-state index in [1.54, 1.807) is 30.3 Å². The molecule has 1 heterocycles. The lowest BCUT2D eigenvalue weighted by Crippen LogP contribution is -2.39. The quantitative estimate of drug-likeness (QED) is 0.489. The predicted octanol–water partition coefficient (Wildman–Crippen LogP) is 0.409. The molecule has 8 heteroatoms. The van der Waals surface area contributed by atoms with Crippen LogP contribution in [0.4, 0.5) is 5.95 Å². The minimum atomic E-state index is -0.457. The smallest absolute Gasteiger partial charge is 0.324 e. The highest BCUT2D eigenvalue weighted by atomic mass is 16.5. The molecule has 0 aliphatic heterocycles. The fraction of sp³-hybridized carbons (Fsp3) is 0.167. The van der Waals surface area contributed by atoms with Crippen LogP contribution in [-0.4, -0.2) is 35.1 Å². The normalized spacial score (nSPS) is 9.95. The first-order valence-electron chi connectivity index (χ1n) is 5.64. The van der Waals surface area contributed by atoms with E-state index in [0.29, 0.717) is 5.56 Å². The number of anilines is 1. The Morgan fingerprint density at radius 3 is 2.10 bits per heavy atom. The number of benzene rings is 1. The van der Waals surface area contributed by atoms with Crippen LogP contribution in [0.2, 0.25) is 0 Å². The Hall–Kier alpha value is -2.74. The first-order chi connectivity index (χ1) is 9.65. The second kappa shape index (κ2) is 5.93. The van der Waals surface area contributed by atoms with Crippen molar-refractivity contribution in [3.63, 3.8) is 0 Å². The first kappa shape index (κ1) is 13.7. The summed E-state index contributed by atoms with van der Waals surface area (Å²) in [4.78, 5) is 23.8. The fourth-order valence-corrected chi connectivity index (χ4v) is 1.43. The first-order valence-corrected chi connectivity index (χ1v) is 5.64. The van der Waals surface area contributed by atoms with Crippen molar-refractivity contribution >= 4 is 11.9 Å². The van der Waals surface area contributed by atoms with Crippen molar-refractivity contribution in [1.29, 1.82) is 0 Å². The van der Waals surface area contributed by atoms with Gasteiger partial charge in [-0.05, 0) is 12.1 Å². The Kier molecular flexibility index (Phi) is 4.06. The van der Waals surface area contributed by atoms with Gasteiger partial charge in [0.2, 0.25) is 0 Å². The molecule has 0 aliphatic carbocycles. The molecule has 0 unspecified atom stereocenters. The number of carbonyl (C=O) groups is 1. The Morgan fingerprint density at radius 1 is 1.05 bits per heavy atom. The molecule has 104 valence electrons. The molecule has 0 fully saturated rings. The van der Waals surface area contributed by atoms with E-state index in [2.05, 4.69) is 15.0 Å². The number of rotatable bonds is 4. The maximum Gasteiger partial charge on any atom is 0.324 e. The average Bonchev–Trinajstić information content (AvgIpc) is 2.53. The van der Waals surface area contributed by atoms with Gasteiger partial charge in [0.1, 0.15) is 0 Å². The molecule has 2 aromatic rings. The summed E-state index contributed by atoms with van der Waals surface area (Å²) in [5.74, 6) is 5.21. The molecule has 2 N–H and O–H groups in total. The molecule has 0 aliphatic rings. The Morgan fingerprint density at radius 2 is 1.60 bits per heavy atom. The van der Waals surface area contributed by atoms with Crippen molar-refractivity contribution in [2.45, 2.75) is 0 Å². The third-order valence-electron chi connectivity index (χ3n) is 2.40. The van der Waals surface area contributed by atoms with Crippen molar-refractivity contribution < 1.29 is 14.3 Å². The summed E-state index contributed by atoms with van der Waals surface area (Å²) in [6, 6.07) is 8.54. The summed E-state index contributed by atoms with van der Waals surface area (Å²) in [5, 5.41) is 0.808. The Balaban J connectivity index is 2.33. The SMILES string of the molecule is COc1nc(OC)nc(N(N)C(=O)c2ccccc2)n1. The van der Waals surface area contributed by atoms with Crippen LogP contribution in [0.5, 0.6) is 12.0 Å². The third-order valence-corrected chi connectivity index (χ3v) is 2.40. The Labute approximate surface area is 115 Å². The summed E-state index contributed by atoms with van der Waals surface area (Å²) in [7, 11) is 2.77. The molecule has 1 aromatic carbocycles. The van der Waals surface area contributed by atoms with Gasteiger partial charge < -0.3 is 9.47 Å². The number of carbonyl (C=O) groups excluding carboxylic acids is 1. The van der Waals surface area contributed by atoms with E-state index in [0.717, 1.165) is 5.01 Å². The van der Waals surface area contributed by atoms with Gasteiger partial charge in [0, 0.05) is 5.56 Å². The molecule has 0 saturated carbocycles. The van der Waals surface area contributed by atoms with Gasteiger partial charge in [-0.15, -0.1) is 4.98 Å².